The third kappa shape index (κ3) is 2.20. The molecule has 2 saturated carbocycles. The van der Waals surface area contributed by atoms with Crippen LogP contribution in [-0.4, -0.2) is 11.8 Å². The lowest BCUT2D eigenvalue weighted by Crippen LogP contribution is -2.33. The molecule has 5 rings (SSSR count). The molecule has 2 aromatic carbocycles. The molecule has 0 radical (unpaired) electrons. The highest BCUT2D eigenvalue weighted by Crippen LogP contribution is 2.62. The minimum absolute atomic E-state index is 0.108. The Labute approximate surface area is 161 Å². The van der Waals surface area contributed by atoms with E-state index in [0.717, 1.165) is 12.8 Å². The normalized spacial score (nSPS) is 32.4. The summed E-state index contributed by atoms with van der Waals surface area (Å²) in [6.07, 6.45) is 1.94. The summed E-state index contributed by atoms with van der Waals surface area (Å²) in [5.74, 6) is 0.194. The number of rotatable bonds is 2. The number of carbonyl (C=O) groups is 2. The maximum Gasteiger partial charge on any atom is 0.238 e. The molecule has 2 aromatic rings. The Hall–Kier alpha value is -1.84. The van der Waals surface area contributed by atoms with Gasteiger partial charge in [0, 0.05) is 5.02 Å². The third-order valence-corrected chi connectivity index (χ3v) is 6.95. The Morgan fingerprint density at radius 1 is 0.885 bits per heavy atom. The number of anilines is 1. The molecule has 26 heavy (non-hydrogen) atoms. The van der Waals surface area contributed by atoms with Crippen molar-refractivity contribution >= 4 is 40.7 Å². The zero-order chi connectivity index (χ0) is 18.0. The second kappa shape index (κ2) is 5.83. The minimum atomic E-state index is -0.235. The van der Waals surface area contributed by atoms with Gasteiger partial charge in [0.15, 0.2) is 0 Å². The van der Waals surface area contributed by atoms with E-state index in [4.69, 9.17) is 23.2 Å². The summed E-state index contributed by atoms with van der Waals surface area (Å²) in [5, 5.41) is 0.843. The summed E-state index contributed by atoms with van der Waals surface area (Å²) in [4.78, 5) is 27.6. The van der Waals surface area contributed by atoms with Crippen LogP contribution in [0.1, 0.15) is 24.3 Å². The smallest absolute Gasteiger partial charge is 0.238 e. The van der Waals surface area contributed by atoms with Gasteiger partial charge in [0.05, 0.1) is 22.5 Å². The summed E-state index contributed by atoms with van der Waals surface area (Å²) >= 11 is 12.3. The van der Waals surface area contributed by atoms with Gasteiger partial charge in [-0.2, -0.15) is 0 Å². The molecular weight excluding hydrogens is 369 g/mol. The largest absolute Gasteiger partial charge is 0.274 e. The second-order valence-electron chi connectivity index (χ2n) is 7.57. The number of halogens is 2. The van der Waals surface area contributed by atoms with Crippen LogP contribution in [0.3, 0.4) is 0 Å². The first-order chi connectivity index (χ1) is 12.6. The van der Waals surface area contributed by atoms with Crippen molar-refractivity contribution < 1.29 is 9.59 Å². The van der Waals surface area contributed by atoms with Crippen molar-refractivity contribution in [2.45, 2.75) is 18.8 Å². The van der Waals surface area contributed by atoms with E-state index in [1.807, 2.05) is 18.2 Å². The fourth-order valence-electron chi connectivity index (χ4n) is 5.44. The maximum absolute atomic E-state index is 13.2. The fourth-order valence-corrected chi connectivity index (χ4v) is 5.81. The van der Waals surface area contributed by atoms with Crippen LogP contribution >= 0.6 is 23.2 Å². The van der Waals surface area contributed by atoms with Crippen LogP contribution in [0.5, 0.6) is 0 Å². The Morgan fingerprint density at radius 3 is 2.38 bits per heavy atom. The average Bonchev–Trinajstić information content (AvgIpc) is 3.30. The molecule has 5 heteroatoms. The predicted octanol–water partition coefficient (Wildman–Crippen LogP) is 4.92. The van der Waals surface area contributed by atoms with Crippen LogP contribution < -0.4 is 4.90 Å². The molecule has 2 bridgehead atoms. The van der Waals surface area contributed by atoms with Crippen LogP contribution in [0.4, 0.5) is 5.69 Å². The summed E-state index contributed by atoms with van der Waals surface area (Å²) in [6, 6.07) is 15.3. The van der Waals surface area contributed by atoms with Gasteiger partial charge in [0.2, 0.25) is 11.8 Å². The van der Waals surface area contributed by atoms with Crippen LogP contribution in [0.25, 0.3) is 0 Å². The monoisotopic (exact) mass is 385 g/mol. The standard InChI is InChI=1S/C21H17Cl2NO2/c22-13-6-7-16(23)17(10-13)24-20(25)18-12-8-14(11-4-2-1-3-5-11)15(9-12)19(18)21(24)26/h1-7,10,12,14-15,18-19H,8-9H2/t12-,14-,15+,18+,19+/m0/s1. The Kier molecular flexibility index (Phi) is 3.67. The van der Waals surface area contributed by atoms with Gasteiger partial charge in [-0.25, -0.2) is 4.90 Å². The van der Waals surface area contributed by atoms with Gasteiger partial charge in [-0.15, -0.1) is 0 Å². The molecule has 5 atom stereocenters. The van der Waals surface area contributed by atoms with E-state index in [1.165, 1.54) is 10.5 Å². The molecule has 3 fully saturated rings. The number of carbonyl (C=O) groups excluding carboxylic acids is 2. The topological polar surface area (TPSA) is 37.4 Å². The molecule has 1 saturated heterocycles. The lowest BCUT2D eigenvalue weighted by atomic mass is 9.73. The molecule has 0 spiro atoms. The molecule has 1 aliphatic heterocycles. The van der Waals surface area contributed by atoms with Gasteiger partial charge in [0.25, 0.3) is 0 Å². The SMILES string of the molecule is O=C1[C@@H]2[C@@H]3C[C@@H]([C@H]2C(=O)N1c1cc(Cl)ccc1Cl)[C@H](c1ccccc1)C3. The minimum Gasteiger partial charge on any atom is -0.274 e. The van der Waals surface area contributed by atoms with E-state index in [2.05, 4.69) is 12.1 Å². The number of nitrogens with zero attached hydrogens (tertiary/aromatic N) is 1. The van der Waals surface area contributed by atoms with Crippen molar-refractivity contribution in [3.63, 3.8) is 0 Å². The molecule has 0 N–H and O–H groups in total. The Balaban J connectivity index is 1.52. The number of amides is 2. The number of hydrogen-bond acceptors (Lipinski definition) is 2. The summed E-state index contributed by atoms with van der Waals surface area (Å²) in [6.45, 7) is 0. The van der Waals surface area contributed by atoms with E-state index < -0.39 is 0 Å². The highest BCUT2D eigenvalue weighted by molar-refractivity contribution is 6.37. The molecule has 132 valence electrons. The molecule has 2 amide bonds. The van der Waals surface area contributed by atoms with Gasteiger partial charge in [-0.3, -0.25) is 9.59 Å². The van der Waals surface area contributed by atoms with E-state index in [-0.39, 0.29) is 35.5 Å². The molecule has 3 nitrogen and oxygen atoms in total. The second-order valence-corrected chi connectivity index (χ2v) is 8.42. The van der Waals surface area contributed by atoms with Crippen LogP contribution in [-0.2, 0) is 9.59 Å². The maximum atomic E-state index is 13.2. The van der Waals surface area contributed by atoms with E-state index in [0.29, 0.717) is 21.7 Å². The van der Waals surface area contributed by atoms with Crippen LogP contribution in [0.15, 0.2) is 48.5 Å². The van der Waals surface area contributed by atoms with Gasteiger partial charge in [-0.1, -0.05) is 53.5 Å². The number of hydrogen-bond donors (Lipinski definition) is 0. The van der Waals surface area contributed by atoms with Gasteiger partial charge in [0.1, 0.15) is 0 Å². The molecule has 1 heterocycles. The quantitative estimate of drug-likeness (QED) is 0.687. The molecule has 2 aliphatic carbocycles. The highest BCUT2D eigenvalue weighted by atomic mass is 35.5. The van der Waals surface area contributed by atoms with Gasteiger partial charge >= 0.3 is 0 Å². The first kappa shape index (κ1) is 16.3. The Morgan fingerprint density at radius 2 is 1.62 bits per heavy atom. The van der Waals surface area contributed by atoms with Crippen LogP contribution in [0.2, 0.25) is 10.0 Å². The summed E-state index contributed by atoms with van der Waals surface area (Å²) in [7, 11) is 0. The average molecular weight is 386 g/mol. The number of benzene rings is 2. The van der Waals surface area contributed by atoms with Crippen LogP contribution in [0, 0.1) is 23.7 Å². The van der Waals surface area contributed by atoms with Crippen molar-refractivity contribution in [2.24, 2.45) is 23.7 Å². The molecule has 0 aromatic heterocycles. The first-order valence-corrected chi connectivity index (χ1v) is 9.69. The lowest BCUT2D eigenvalue weighted by molar-refractivity contribution is -0.123. The van der Waals surface area contributed by atoms with Crippen molar-refractivity contribution in [3.05, 3.63) is 64.1 Å². The number of imide groups is 1. The van der Waals surface area contributed by atoms with E-state index in [9.17, 15) is 9.59 Å². The van der Waals surface area contributed by atoms with Crippen molar-refractivity contribution in [1.82, 2.24) is 0 Å². The fraction of sp³-hybridized carbons (Fsp3) is 0.333. The number of fused-ring (bicyclic) bond motifs is 5. The van der Waals surface area contributed by atoms with Gasteiger partial charge < -0.3 is 0 Å². The molecule has 0 unspecified atom stereocenters. The molecular formula is C21H17Cl2NO2. The van der Waals surface area contributed by atoms with E-state index in [1.54, 1.807) is 18.2 Å². The Bertz CT molecular complexity index is 913. The molecule has 3 aliphatic rings. The zero-order valence-electron chi connectivity index (χ0n) is 13.9. The highest BCUT2D eigenvalue weighted by Gasteiger charge is 2.64. The summed E-state index contributed by atoms with van der Waals surface area (Å²) < 4.78 is 0. The lowest BCUT2D eigenvalue weighted by Gasteiger charge is -2.28. The van der Waals surface area contributed by atoms with Crippen molar-refractivity contribution in [3.8, 4) is 0 Å². The third-order valence-electron chi connectivity index (χ3n) is 6.39. The zero-order valence-corrected chi connectivity index (χ0v) is 15.5. The first-order valence-electron chi connectivity index (χ1n) is 8.94. The van der Waals surface area contributed by atoms with Gasteiger partial charge in [-0.05, 0) is 54.4 Å². The summed E-state index contributed by atoms with van der Waals surface area (Å²) in [5.41, 5.74) is 1.69. The van der Waals surface area contributed by atoms with Crippen molar-refractivity contribution in [2.75, 3.05) is 4.90 Å². The van der Waals surface area contributed by atoms with E-state index >= 15 is 0 Å². The van der Waals surface area contributed by atoms with Crippen molar-refractivity contribution in [1.29, 1.82) is 0 Å². The predicted molar refractivity (Wildman–Crippen MR) is 101 cm³/mol.